The van der Waals surface area contributed by atoms with Crippen LogP contribution in [-0.4, -0.2) is 60.0 Å². The molecule has 0 bridgehead atoms. The highest BCUT2D eigenvalue weighted by Crippen LogP contribution is 2.43. The zero-order valence-corrected chi connectivity index (χ0v) is 23.4. The maximum Gasteiger partial charge on any atom is 0.243 e. The Balaban J connectivity index is 1.63. The molecule has 0 saturated heterocycles. The van der Waals surface area contributed by atoms with Gasteiger partial charge in [-0.3, -0.25) is 9.59 Å². The van der Waals surface area contributed by atoms with Crippen LogP contribution in [0.2, 0.25) is 10.0 Å². The summed E-state index contributed by atoms with van der Waals surface area (Å²) in [5.41, 5.74) is 3.21. The minimum Gasteiger partial charge on any atom is -0.495 e. The summed E-state index contributed by atoms with van der Waals surface area (Å²) in [5, 5.41) is 8.11. The molecule has 1 aliphatic carbocycles. The first-order valence-corrected chi connectivity index (χ1v) is 13.1. The van der Waals surface area contributed by atoms with Gasteiger partial charge in [-0.2, -0.15) is 0 Å². The third kappa shape index (κ3) is 5.56. The number of hydrogen-bond acceptors (Lipinski definition) is 6. The van der Waals surface area contributed by atoms with Gasteiger partial charge in [0.05, 0.1) is 34.8 Å². The molecule has 200 valence electrons. The Bertz CT molecular complexity index is 1370. The molecular weight excluding hydrogens is 525 g/mol. The number of rotatable bonds is 8. The van der Waals surface area contributed by atoms with Crippen LogP contribution in [0.4, 0.5) is 5.95 Å². The van der Waals surface area contributed by atoms with Crippen molar-refractivity contribution < 1.29 is 14.3 Å². The normalized spacial score (nSPS) is 18.7. The Morgan fingerprint density at radius 1 is 1.18 bits per heavy atom. The van der Waals surface area contributed by atoms with Gasteiger partial charge in [0.25, 0.3) is 0 Å². The molecule has 38 heavy (non-hydrogen) atoms. The Hall–Kier alpha value is -3.36. The van der Waals surface area contributed by atoms with Crippen molar-refractivity contribution >= 4 is 51.9 Å². The quantitative estimate of drug-likeness (QED) is 0.374. The lowest BCUT2D eigenvalue weighted by molar-refractivity contribution is -0.132. The predicted molar refractivity (Wildman–Crippen MR) is 152 cm³/mol. The van der Waals surface area contributed by atoms with E-state index in [1.54, 1.807) is 32.3 Å². The van der Waals surface area contributed by atoms with Crippen LogP contribution in [0.3, 0.4) is 0 Å². The summed E-state index contributed by atoms with van der Waals surface area (Å²) in [6.45, 7) is 5.56. The van der Waals surface area contributed by atoms with E-state index in [0.29, 0.717) is 40.1 Å². The van der Waals surface area contributed by atoms with Crippen molar-refractivity contribution in [3.8, 4) is 16.9 Å². The van der Waals surface area contributed by atoms with Crippen LogP contribution in [0.1, 0.15) is 25.3 Å². The minimum atomic E-state index is -0.284. The van der Waals surface area contributed by atoms with E-state index in [9.17, 15) is 9.59 Å². The van der Waals surface area contributed by atoms with E-state index in [4.69, 9.17) is 27.9 Å². The summed E-state index contributed by atoms with van der Waals surface area (Å²) in [5.74, 6) is 0.510. The van der Waals surface area contributed by atoms with E-state index < -0.39 is 0 Å². The molecule has 1 aliphatic rings. The summed E-state index contributed by atoms with van der Waals surface area (Å²) in [6, 6.07) is 7.13. The number of nitrogens with zero attached hydrogens (tertiary/aromatic N) is 3. The number of halogens is 2. The number of hydrogen-bond donors (Lipinski definition) is 2. The summed E-state index contributed by atoms with van der Waals surface area (Å²) >= 11 is 13.4. The second-order valence-electron chi connectivity index (χ2n) is 9.53. The second kappa shape index (κ2) is 11.6. The van der Waals surface area contributed by atoms with Crippen LogP contribution in [0, 0.1) is 5.92 Å². The third-order valence-electron chi connectivity index (χ3n) is 6.89. The van der Waals surface area contributed by atoms with Gasteiger partial charge in [0.15, 0.2) is 0 Å². The van der Waals surface area contributed by atoms with Gasteiger partial charge in [-0.05, 0) is 54.7 Å². The Morgan fingerprint density at radius 3 is 2.58 bits per heavy atom. The van der Waals surface area contributed by atoms with Gasteiger partial charge in [0.2, 0.25) is 17.8 Å². The predicted octanol–water partition coefficient (Wildman–Crippen LogP) is 5.12. The molecule has 0 spiro atoms. The van der Waals surface area contributed by atoms with Gasteiger partial charge in [0, 0.05) is 37.2 Å². The number of ether oxygens (including phenoxy) is 1. The number of fused-ring (bicyclic) bond motifs is 1. The van der Waals surface area contributed by atoms with Crippen molar-refractivity contribution in [2.45, 2.75) is 38.3 Å². The number of benzene rings is 2. The Kier molecular flexibility index (Phi) is 8.43. The molecule has 1 aromatic heterocycles. The lowest BCUT2D eigenvalue weighted by Gasteiger charge is -2.21. The van der Waals surface area contributed by atoms with Crippen molar-refractivity contribution in [1.29, 1.82) is 0 Å². The van der Waals surface area contributed by atoms with Gasteiger partial charge >= 0.3 is 0 Å². The molecule has 3 aromatic rings. The number of carbonyl (C=O) groups excluding carboxylic acids is 2. The fourth-order valence-corrected chi connectivity index (χ4v) is 5.69. The van der Waals surface area contributed by atoms with Crippen LogP contribution in [0.15, 0.2) is 43.1 Å². The fourth-order valence-electron chi connectivity index (χ4n) is 4.91. The molecular formula is C28H31Cl2N5O3. The smallest absolute Gasteiger partial charge is 0.243 e. The second-order valence-corrected chi connectivity index (χ2v) is 10.3. The van der Waals surface area contributed by atoms with Gasteiger partial charge in [0.1, 0.15) is 5.75 Å². The molecule has 0 aliphatic heterocycles. The summed E-state index contributed by atoms with van der Waals surface area (Å²) in [6.07, 6.45) is 4.76. The van der Waals surface area contributed by atoms with Gasteiger partial charge < -0.3 is 20.3 Å². The molecule has 3 atom stereocenters. The highest BCUT2D eigenvalue weighted by molar-refractivity contribution is 6.40. The van der Waals surface area contributed by atoms with Crippen molar-refractivity contribution in [2.24, 2.45) is 5.92 Å². The maximum atomic E-state index is 12.6. The standard InChI is InChI=1S/C28H31Cl2N5O3/c1-6-15-13-22(38-5)26(30)24(25(15)29)16-8-9-19-18(10-16)14-31-28(33-19)34-21-12-17(27(37)35(3)4)11-20(21)32-23(36)7-2/h7-10,13-14,17,20-21H,2,6,11-12H2,1,3-5H3,(H,32,36)(H,31,33,34)/t17-,20+,21-/m1/s1. The average Bonchev–Trinajstić information content (AvgIpc) is 3.29. The summed E-state index contributed by atoms with van der Waals surface area (Å²) in [4.78, 5) is 35.4. The highest BCUT2D eigenvalue weighted by atomic mass is 35.5. The van der Waals surface area contributed by atoms with Gasteiger partial charge in [-0.1, -0.05) is 42.8 Å². The number of nitrogens with one attached hydrogen (secondary N) is 2. The van der Waals surface area contributed by atoms with Gasteiger partial charge in [-0.15, -0.1) is 0 Å². The van der Waals surface area contributed by atoms with E-state index in [0.717, 1.165) is 28.5 Å². The van der Waals surface area contributed by atoms with Crippen LogP contribution >= 0.6 is 23.2 Å². The fraction of sp³-hybridized carbons (Fsp3) is 0.357. The zero-order chi connectivity index (χ0) is 27.6. The SMILES string of the molecule is C=CC(=O)N[C@H]1C[C@@H](C(=O)N(C)C)C[C@H]1Nc1ncc2cc(-c3c(Cl)c(CC)cc(OC)c3Cl)ccc2n1. The number of anilines is 1. The minimum absolute atomic E-state index is 0.0280. The monoisotopic (exact) mass is 555 g/mol. The number of amides is 2. The maximum absolute atomic E-state index is 12.6. The number of aromatic nitrogens is 2. The molecule has 8 nitrogen and oxygen atoms in total. The van der Waals surface area contributed by atoms with Gasteiger partial charge in [-0.25, -0.2) is 9.97 Å². The molecule has 1 saturated carbocycles. The van der Waals surface area contributed by atoms with E-state index in [-0.39, 0.29) is 29.8 Å². The Labute approximate surface area is 232 Å². The van der Waals surface area contributed by atoms with Crippen LogP contribution in [-0.2, 0) is 16.0 Å². The van der Waals surface area contributed by atoms with Crippen molar-refractivity contribution in [3.63, 3.8) is 0 Å². The molecule has 2 N–H and O–H groups in total. The molecule has 0 unspecified atom stereocenters. The number of aryl methyl sites for hydroxylation is 1. The van der Waals surface area contributed by atoms with Crippen LogP contribution in [0.5, 0.6) is 5.75 Å². The van der Waals surface area contributed by atoms with Crippen LogP contribution < -0.4 is 15.4 Å². The molecule has 10 heteroatoms. The first-order valence-electron chi connectivity index (χ1n) is 12.4. The lowest BCUT2D eigenvalue weighted by atomic mass is 9.99. The van der Waals surface area contributed by atoms with Crippen LogP contribution in [0.25, 0.3) is 22.0 Å². The summed E-state index contributed by atoms with van der Waals surface area (Å²) in [7, 11) is 5.05. The molecule has 2 amide bonds. The molecule has 1 heterocycles. The number of carbonyl (C=O) groups is 2. The van der Waals surface area contributed by atoms with Crippen molar-refractivity contribution in [1.82, 2.24) is 20.2 Å². The Morgan fingerprint density at radius 2 is 1.92 bits per heavy atom. The molecule has 2 aromatic carbocycles. The lowest BCUT2D eigenvalue weighted by Crippen LogP contribution is -2.43. The average molecular weight is 556 g/mol. The highest BCUT2D eigenvalue weighted by Gasteiger charge is 2.39. The van der Waals surface area contributed by atoms with Crippen molar-refractivity contribution in [3.05, 3.63) is 58.7 Å². The summed E-state index contributed by atoms with van der Waals surface area (Å²) < 4.78 is 5.47. The zero-order valence-electron chi connectivity index (χ0n) is 21.8. The molecule has 0 radical (unpaired) electrons. The number of methoxy groups -OCH3 is 1. The van der Waals surface area contributed by atoms with E-state index in [1.165, 1.54) is 6.08 Å². The van der Waals surface area contributed by atoms with E-state index >= 15 is 0 Å². The van der Waals surface area contributed by atoms with Crippen molar-refractivity contribution in [2.75, 3.05) is 26.5 Å². The first-order chi connectivity index (χ1) is 18.2. The third-order valence-corrected chi connectivity index (χ3v) is 7.70. The molecule has 4 rings (SSSR count). The van der Waals surface area contributed by atoms with E-state index in [2.05, 4.69) is 27.2 Å². The first kappa shape index (κ1) is 27.7. The largest absolute Gasteiger partial charge is 0.495 e. The topological polar surface area (TPSA) is 96.5 Å². The molecule has 1 fully saturated rings. The van der Waals surface area contributed by atoms with E-state index in [1.807, 2.05) is 31.2 Å².